The van der Waals surface area contributed by atoms with E-state index in [1.165, 1.54) is 0 Å². The maximum atomic E-state index is 6.40. The Kier molecular flexibility index (Phi) is 5.62. The highest BCUT2D eigenvalue weighted by Crippen LogP contribution is 2.33. The summed E-state index contributed by atoms with van der Waals surface area (Å²) in [6, 6.07) is 13.3. The van der Waals surface area contributed by atoms with Gasteiger partial charge in [-0.2, -0.15) is 0 Å². The van der Waals surface area contributed by atoms with Gasteiger partial charge in [-0.15, -0.1) is 0 Å². The second-order valence-electron chi connectivity index (χ2n) is 4.83. The van der Waals surface area contributed by atoms with E-state index < -0.39 is 0 Å². The molecule has 2 rings (SSSR count). The third-order valence-corrected chi connectivity index (χ3v) is 3.87. The predicted molar refractivity (Wildman–Crippen MR) is 86.0 cm³/mol. The molecular weight excluding hydrogens is 286 g/mol. The first kappa shape index (κ1) is 15.8. The van der Waals surface area contributed by atoms with Crippen molar-refractivity contribution in [3.05, 3.63) is 64.2 Å². The van der Waals surface area contributed by atoms with Crippen LogP contribution in [0, 0.1) is 6.92 Å². The van der Waals surface area contributed by atoms with Crippen molar-refractivity contribution in [3.8, 4) is 5.75 Å². The van der Waals surface area contributed by atoms with E-state index in [-0.39, 0.29) is 6.04 Å². The van der Waals surface area contributed by atoms with Gasteiger partial charge in [-0.05, 0) is 24.1 Å². The molecule has 0 saturated carbocycles. The highest BCUT2D eigenvalue weighted by molar-refractivity contribution is 6.32. The zero-order valence-corrected chi connectivity index (χ0v) is 13.1. The lowest BCUT2D eigenvalue weighted by Gasteiger charge is -2.19. The molecule has 0 heterocycles. The van der Waals surface area contributed by atoms with Crippen molar-refractivity contribution in [2.75, 3.05) is 20.3 Å². The zero-order chi connectivity index (χ0) is 15.2. The molecule has 1 unspecified atom stereocenters. The lowest BCUT2D eigenvalue weighted by molar-refractivity contribution is 0.145. The van der Waals surface area contributed by atoms with E-state index in [9.17, 15) is 0 Å². The van der Waals surface area contributed by atoms with E-state index in [1.807, 2.05) is 49.4 Å². The molecule has 0 aliphatic heterocycles. The summed E-state index contributed by atoms with van der Waals surface area (Å²) < 4.78 is 10.7. The Balaban J connectivity index is 2.30. The second kappa shape index (κ2) is 7.46. The van der Waals surface area contributed by atoms with Gasteiger partial charge in [0.15, 0.2) is 0 Å². The van der Waals surface area contributed by atoms with Crippen molar-refractivity contribution in [2.45, 2.75) is 13.0 Å². The number of nitrogens with two attached hydrogens (primary N) is 1. The number of para-hydroxylation sites is 1. The van der Waals surface area contributed by atoms with Crippen LogP contribution in [0.15, 0.2) is 42.5 Å². The normalized spacial score (nSPS) is 12.2. The number of methoxy groups -OCH3 is 1. The Morgan fingerprint density at radius 1 is 1.05 bits per heavy atom. The van der Waals surface area contributed by atoms with E-state index in [0.717, 1.165) is 22.4 Å². The van der Waals surface area contributed by atoms with Crippen LogP contribution in [0.5, 0.6) is 5.75 Å². The van der Waals surface area contributed by atoms with Gasteiger partial charge < -0.3 is 15.2 Å². The van der Waals surface area contributed by atoms with E-state index in [2.05, 4.69) is 0 Å². The highest BCUT2D eigenvalue weighted by Gasteiger charge is 2.17. The molecule has 1 atom stereocenters. The largest absolute Gasteiger partial charge is 0.491 e. The summed E-state index contributed by atoms with van der Waals surface area (Å²) in [4.78, 5) is 0. The lowest BCUT2D eigenvalue weighted by Crippen LogP contribution is -2.15. The maximum Gasteiger partial charge on any atom is 0.124 e. The van der Waals surface area contributed by atoms with Crippen LogP contribution >= 0.6 is 11.6 Å². The van der Waals surface area contributed by atoms with E-state index in [4.69, 9.17) is 26.8 Å². The van der Waals surface area contributed by atoms with Crippen molar-refractivity contribution in [3.63, 3.8) is 0 Å². The molecule has 4 heteroatoms. The number of halogens is 1. The monoisotopic (exact) mass is 305 g/mol. The van der Waals surface area contributed by atoms with Crippen molar-refractivity contribution < 1.29 is 9.47 Å². The first-order valence-corrected chi connectivity index (χ1v) is 7.24. The van der Waals surface area contributed by atoms with Gasteiger partial charge in [-0.25, -0.2) is 0 Å². The summed E-state index contributed by atoms with van der Waals surface area (Å²) in [5.74, 6) is 0.764. The minimum atomic E-state index is -0.323. The first-order chi connectivity index (χ1) is 10.1. The molecule has 0 bridgehead atoms. The molecule has 0 aliphatic carbocycles. The van der Waals surface area contributed by atoms with Crippen LogP contribution in [-0.2, 0) is 4.74 Å². The van der Waals surface area contributed by atoms with Gasteiger partial charge >= 0.3 is 0 Å². The van der Waals surface area contributed by atoms with Gasteiger partial charge in [0.05, 0.1) is 12.6 Å². The van der Waals surface area contributed by atoms with Gasteiger partial charge in [0.25, 0.3) is 0 Å². The Bertz CT molecular complexity index is 601. The second-order valence-corrected chi connectivity index (χ2v) is 5.21. The van der Waals surface area contributed by atoms with Crippen LogP contribution in [0.2, 0.25) is 5.02 Å². The Morgan fingerprint density at radius 3 is 2.52 bits per heavy atom. The molecule has 2 aromatic rings. The summed E-state index contributed by atoms with van der Waals surface area (Å²) >= 11 is 6.38. The van der Waals surface area contributed by atoms with Crippen LogP contribution in [-0.4, -0.2) is 20.3 Å². The van der Waals surface area contributed by atoms with Crippen molar-refractivity contribution >= 4 is 11.6 Å². The fourth-order valence-corrected chi connectivity index (χ4v) is 2.43. The Hall–Kier alpha value is -1.55. The fraction of sp³-hybridized carbons (Fsp3) is 0.294. The summed E-state index contributed by atoms with van der Waals surface area (Å²) in [5, 5.41) is 0.705. The van der Waals surface area contributed by atoms with Crippen LogP contribution in [0.3, 0.4) is 0 Å². The topological polar surface area (TPSA) is 44.5 Å². The van der Waals surface area contributed by atoms with Gasteiger partial charge in [-0.3, -0.25) is 0 Å². The van der Waals surface area contributed by atoms with Gasteiger partial charge in [0.2, 0.25) is 0 Å². The SMILES string of the molecule is COCCOc1ccccc1C(N)c1cccc(C)c1Cl. The third-order valence-electron chi connectivity index (χ3n) is 3.36. The molecule has 0 radical (unpaired) electrons. The first-order valence-electron chi connectivity index (χ1n) is 6.86. The molecule has 112 valence electrons. The van der Waals surface area contributed by atoms with Crippen molar-refractivity contribution in [1.29, 1.82) is 0 Å². The zero-order valence-electron chi connectivity index (χ0n) is 12.3. The molecular formula is C17H20ClNO2. The molecule has 21 heavy (non-hydrogen) atoms. The standard InChI is InChI=1S/C17H20ClNO2/c1-12-6-5-8-14(16(12)18)17(19)13-7-3-4-9-15(13)21-11-10-20-2/h3-9,17H,10-11,19H2,1-2H3. The molecule has 0 fully saturated rings. The molecule has 0 amide bonds. The molecule has 0 saturated heterocycles. The summed E-state index contributed by atoms with van der Waals surface area (Å²) in [7, 11) is 1.65. The molecule has 0 spiro atoms. The highest BCUT2D eigenvalue weighted by atomic mass is 35.5. The van der Waals surface area contributed by atoms with E-state index in [1.54, 1.807) is 7.11 Å². The van der Waals surface area contributed by atoms with E-state index in [0.29, 0.717) is 18.2 Å². The molecule has 0 aromatic heterocycles. The molecule has 0 aliphatic rings. The lowest BCUT2D eigenvalue weighted by atomic mass is 9.97. The smallest absolute Gasteiger partial charge is 0.124 e. The summed E-state index contributed by atoms with van der Waals surface area (Å²) in [5.41, 5.74) is 9.23. The maximum absolute atomic E-state index is 6.40. The summed E-state index contributed by atoms with van der Waals surface area (Å²) in [6.45, 7) is 3.00. The number of hydrogen-bond donors (Lipinski definition) is 1. The fourth-order valence-electron chi connectivity index (χ4n) is 2.18. The van der Waals surface area contributed by atoms with Crippen molar-refractivity contribution in [2.24, 2.45) is 5.73 Å². The van der Waals surface area contributed by atoms with Crippen LogP contribution in [0.1, 0.15) is 22.7 Å². The third kappa shape index (κ3) is 3.76. The van der Waals surface area contributed by atoms with Crippen LogP contribution in [0.25, 0.3) is 0 Å². The number of hydrogen-bond acceptors (Lipinski definition) is 3. The predicted octanol–water partition coefficient (Wildman–Crippen LogP) is 3.72. The van der Waals surface area contributed by atoms with Crippen LogP contribution in [0.4, 0.5) is 0 Å². The van der Waals surface area contributed by atoms with Gasteiger partial charge in [0, 0.05) is 17.7 Å². The number of aryl methyl sites for hydroxylation is 1. The van der Waals surface area contributed by atoms with Gasteiger partial charge in [0.1, 0.15) is 12.4 Å². The summed E-state index contributed by atoms with van der Waals surface area (Å²) in [6.07, 6.45) is 0. The Morgan fingerprint density at radius 2 is 1.76 bits per heavy atom. The minimum absolute atomic E-state index is 0.323. The molecule has 2 aromatic carbocycles. The average molecular weight is 306 g/mol. The number of benzene rings is 2. The average Bonchev–Trinajstić information content (AvgIpc) is 2.50. The Labute approximate surface area is 130 Å². The van der Waals surface area contributed by atoms with Crippen molar-refractivity contribution in [1.82, 2.24) is 0 Å². The van der Waals surface area contributed by atoms with Crippen LogP contribution < -0.4 is 10.5 Å². The minimum Gasteiger partial charge on any atom is -0.491 e. The number of ether oxygens (including phenoxy) is 2. The molecule has 2 N–H and O–H groups in total. The number of rotatable bonds is 6. The van der Waals surface area contributed by atoms with E-state index >= 15 is 0 Å². The van der Waals surface area contributed by atoms with Gasteiger partial charge in [-0.1, -0.05) is 48.0 Å². The molecule has 3 nitrogen and oxygen atoms in total. The quantitative estimate of drug-likeness (QED) is 0.827.